The Hall–Kier alpha value is -14.6. The van der Waals surface area contributed by atoms with Crippen molar-refractivity contribution in [2.45, 2.75) is 119 Å². The zero-order chi connectivity index (χ0) is 87.9. The summed E-state index contributed by atoms with van der Waals surface area (Å²) < 4.78 is 0. The van der Waals surface area contributed by atoms with E-state index in [4.69, 9.17) is 0 Å². The van der Waals surface area contributed by atoms with Crippen molar-refractivity contribution in [1.82, 2.24) is 0 Å². The van der Waals surface area contributed by atoms with Crippen LogP contribution in [0.5, 0.6) is 0 Å². The average Bonchev–Trinajstić information content (AvgIpc) is 1.49. The first-order chi connectivity index (χ1) is 63.4. The van der Waals surface area contributed by atoms with E-state index in [1.165, 1.54) is 292 Å². The first-order valence-corrected chi connectivity index (χ1v) is 46.8. The second kappa shape index (κ2) is 30.3. The molecular formula is C130H102. The van der Waals surface area contributed by atoms with Gasteiger partial charge in [0.15, 0.2) is 0 Å². The van der Waals surface area contributed by atoms with Gasteiger partial charge in [-0.3, -0.25) is 0 Å². The van der Waals surface area contributed by atoms with E-state index in [0.29, 0.717) is 0 Å². The summed E-state index contributed by atoms with van der Waals surface area (Å²) in [6, 6.07) is 135. The van der Waals surface area contributed by atoms with Gasteiger partial charge in [0, 0.05) is 0 Å². The van der Waals surface area contributed by atoms with Crippen molar-refractivity contribution in [2.75, 3.05) is 0 Å². The summed E-state index contributed by atoms with van der Waals surface area (Å²) in [5, 5.41) is 19.1. The smallest absolute Gasteiger partial charge is 0.0620 e. The van der Waals surface area contributed by atoms with E-state index in [-0.39, 0.29) is 10.8 Å². The van der Waals surface area contributed by atoms with Crippen molar-refractivity contribution in [3.05, 3.63) is 519 Å². The molecule has 0 heterocycles. The molecule has 0 heteroatoms. The molecule has 2 atom stereocenters. The number of hydrogen-bond acceptors (Lipinski definition) is 0. The highest BCUT2D eigenvalue weighted by molar-refractivity contribution is 6.09. The maximum atomic E-state index is 2.49. The van der Waals surface area contributed by atoms with E-state index in [9.17, 15) is 0 Å². The van der Waals surface area contributed by atoms with Crippen molar-refractivity contribution >= 4 is 75.4 Å². The summed E-state index contributed by atoms with van der Waals surface area (Å²) in [6.07, 6.45) is 5.17. The molecule has 0 N–H and O–H groups in total. The van der Waals surface area contributed by atoms with Crippen molar-refractivity contribution < 1.29 is 0 Å². The molecule has 130 heavy (non-hydrogen) atoms. The maximum Gasteiger partial charge on any atom is 0.0719 e. The largest absolute Gasteiger partial charge is 0.0719 e. The van der Waals surface area contributed by atoms with Crippen LogP contribution in [0.15, 0.2) is 358 Å². The number of hydrogen-bond donors (Lipinski definition) is 0. The van der Waals surface area contributed by atoms with Gasteiger partial charge in [0.1, 0.15) is 0 Å². The molecule has 0 amide bonds. The molecule has 0 saturated heterocycles. The van der Waals surface area contributed by atoms with E-state index >= 15 is 0 Å². The van der Waals surface area contributed by atoms with Gasteiger partial charge < -0.3 is 0 Å². The molecular weight excluding hydrogens is 1560 g/mol. The van der Waals surface area contributed by atoms with Gasteiger partial charge in [-0.1, -0.05) is 391 Å². The molecule has 2 spiro atoms. The Bertz CT molecular complexity index is 8450. The van der Waals surface area contributed by atoms with Gasteiger partial charge in [-0.05, 0) is 368 Å². The normalized spacial score (nSPS) is 15.1. The van der Waals surface area contributed by atoms with Gasteiger partial charge in [-0.25, -0.2) is 0 Å². The van der Waals surface area contributed by atoms with Crippen LogP contribution in [-0.2, 0) is 42.9 Å². The summed E-state index contributed by atoms with van der Waals surface area (Å²) in [4.78, 5) is 0. The lowest BCUT2D eigenvalue weighted by Crippen LogP contribution is -2.34. The third-order valence-corrected chi connectivity index (χ3v) is 30.5. The molecule has 622 valence electrons. The molecule has 0 radical (unpaired) electrons. The first kappa shape index (κ1) is 78.9. The van der Waals surface area contributed by atoms with Crippen LogP contribution in [0.3, 0.4) is 0 Å². The summed E-state index contributed by atoms with van der Waals surface area (Å²) in [6.45, 7) is 24.2. The van der Waals surface area contributed by atoms with Crippen LogP contribution in [0.25, 0.3) is 131 Å². The Morgan fingerprint density at radius 2 is 0.562 bits per heavy atom. The van der Waals surface area contributed by atoms with Gasteiger partial charge in [-0.2, -0.15) is 0 Å². The quantitative estimate of drug-likeness (QED) is 0.142. The fourth-order valence-electron chi connectivity index (χ4n) is 24.4. The summed E-state index contributed by atoms with van der Waals surface area (Å²) >= 11 is 0. The minimum atomic E-state index is -0.320. The van der Waals surface area contributed by atoms with Crippen LogP contribution in [-0.4, -0.2) is 0 Å². The van der Waals surface area contributed by atoms with Gasteiger partial charge in [0.05, 0.1) is 10.8 Å². The number of fused-ring (bicyclic) bond motifs is 40. The second-order valence-corrected chi connectivity index (χ2v) is 38.6. The summed E-state index contributed by atoms with van der Waals surface area (Å²) in [7, 11) is 0. The predicted molar refractivity (Wildman–Crippen MR) is 552 cm³/mol. The van der Waals surface area contributed by atoms with E-state index in [1.54, 1.807) is 0 Å². The van der Waals surface area contributed by atoms with Gasteiger partial charge in [0.25, 0.3) is 0 Å². The van der Waals surface area contributed by atoms with E-state index < -0.39 is 0 Å². The van der Waals surface area contributed by atoms with Crippen LogP contribution < -0.4 is 0 Å². The van der Waals surface area contributed by atoms with Crippen LogP contribution >= 0.6 is 0 Å². The Labute approximate surface area is 763 Å². The predicted octanol–water partition coefficient (Wildman–Crippen LogP) is 33.1. The lowest BCUT2D eigenvalue weighted by atomic mass is 9.61. The third-order valence-electron chi connectivity index (χ3n) is 30.5. The van der Waals surface area contributed by atoms with Crippen molar-refractivity contribution in [3.63, 3.8) is 0 Å². The van der Waals surface area contributed by atoms with E-state index in [2.05, 4.69) is 434 Å². The molecule has 28 rings (SSSR count). The molecule has 0 aromatic heterocycles. The Morgan fingerprint density at radius 1 is 0.154 bits per heavy atom. The fraction of sp³-hybridized carbons (Fsp3) is 0.138. The maximum absolute atomic E-state index is 2.49. The van der Waals surface area contributed by atoms with Crippen molar-refractivity contribution in [3.8, 4) is 55.6 Å². The first-order valence-electron chi connectivity index (χ1n) is 46.8. The summed E-state index contributed by atoms with van der Waals surface area (Å²) in [5.74, 6) is 0. The lowest BCUT2D eigenvalue weighted by Gasteiger charge is -2.41. The highest BCUT2D eigenvalue weighted by Crippen LogP contribution is 2.64. The molecule has 21 aromatic rings. The topological polar surface area (TPSA) is 0 Å². The highest BCUT2D eigenvalue weighted by Gasteiger charge is 2.53. The van der Waals surface area contributed by atoms with E-state index in [0.717, 1.165) is 32.1 Å². The molecule has 0 nitrogen and oxygen atoms in total. The van der Waals surface area contributed by atoms with E-state index in [1.807, 2.05) is 0 Å². The average molecular weight is 1660 g/mol. The Balaban J connectivity index is 0.0000000930. The van der Waals surface area contributed by atoms with Gasteiger partial charge in [0.2, 0.25) is 0 Å². The van der Waals surface area contributed by atoms with Crippen LogP contribution in [0.1, 0.15) is 161 Å². The molecule has 2 unspecified atom stereocenters. The molecule has 0 aliphatic heterocycles. The Kier molecular flexibility index (Phi) is 18.4. The molecule has 21 aromatic carbocycles. The van der Waals surface area contributed by atoms with Crippen LogP contribution in [0.2, 0.25) is 0 Å². The number of aryl methyl sites for hydroxylation is 11. The molecule has 7 aliphatic rings. The zero-order valence-corrected chi connectivity index (χ0v) is 76.1. The standard InChI is InChI=1S/2C36H26.C20H18.2C19H16/c1-22-15-17-29-33(19-22)36(34-20-23(2)26-11-6-7-13-28(26)35(29)34)31-14-8-4-10-25(31)21-30-27-12-5-3-9-24(27)16-18-32(30)36;1-22-14-16-29-34(20-22)36(33-18-15-24-9-3-5-11-27(24)35(29)33)31-13-6-4-10-25(31)21-30-28-12-7-8-23(2)26(28)17-19-32(30)36;1-12-4-5-15-11-20-18(9-16(15)6-12)10-17-7-13(2)14(3)8-19(17)20;1-12-3-6-16-14(9-12)5-8-18-17-7-4-13(2)10-15(17)11-19(16)18;1-12-4-7-16-14(9-12)6-8-17-18-10-13(2)3-5-15(18)11-19(16)17/h2*3-20H,21H2,1-2H3;4-9,11H,10H2,1-3H3;2*3-10H,11H2,1-2H3. The minimum absolute atomic E-state index is 0.317. The second-order valence-electron chi connectivity index (χ2n) is 38.6. The number of benzene rings is 21. The van der Waals surface area contributed by atoms with Crippen LogP contribution in [0, 0.1) is 76.2 Å². The van der Waals surface area contributed by atoms with Gasteiger partial charge >= 0.3 is 0 Å². The SMILES string of the molecule is Cc1ccc2c(c1)-c1ccc3cc(C)ccc3c1C2.Cc1ccc2c(c1)C1(c3ccccc3Cc3c1ccc1c(C)cccc31)c1ccc3ccccc3c1-2.Cc1ccc2c(c1)C1(c3ccccc3Cc3c1ccc1ccccc31)c1cc(C)c3ccccc3c1-2.Cc1ccc2c(c1)Cc1c-2ccc2cc(C)ccc12.Cc1ccc2cc3c(cc2c1)Cc1cc(C)c(C)cc1-3. The summed E-state index contributed by atoms with van der Waals surface area (Å²) in [5.41, 5.74) is 54.5. The van der Waals surface area contributed by atoms with Crippen LogP contribution in [0.4, 0.5) is 0 Å². The monoisotopic (exact) mass is 1660 g/mol. The molecule has 0 bridgehead atoms. The molecule has 0 fully saturated rings. The van der Waals surface area contributed by atoms with Crippen molar-refractivity contribution in [2.24, 2.45) is 0 Å². The zero-order valence-electron chi connectivity index (χ0n) is 76.1. The molecule has 0 saturated carbocycles. The minimum Gasteiger partial charge on any atom is -0.0620 e. The molecule has 7 aliphatic carbocycles. The lowest BCUT2D eigenvalue weighted by molar-refractivity contribution is 0.724. The highest BCUT2D eigenvalue weighted by atomic mass is 14.5. The van der Waals surface area contributed by atoms with Gasteiger partial charge in [-0.15, -0.1) is 0 Å². The number of rotatable bonds is 0. The van der Waals surface area contributed by atoms with Crippen molar-refractivity contribution in [1.29, 1.82) is 0 Å². The Morgan fingerprint density at radius 3 is 1.24 bits per heavy atom. The fourth-order valence-corrected chi connectivity index (χ4v) is 24.4. The third kappa shape index (κ3) is 12.2.